The lowest BCUT2D eigenvalue weighted by Gasteiger charge is -2.20. The second kappa shape index (κ2) is 6.88. The molecule has 0 aliphatic carbocycles. The number of rotatable bonds is 5. The molecule has 2 N–H and O–H groups in total. The van der Waals surface area contributed by atoms with Gasteiger partial charge in [-0.2, -0.15) is 0 Å². The third kappa shape index (κ3) is 3.16. The van der Waals surface area contributed by atoms with Crippen LogP contribution in [0.4, 0.5) is 0 Å². The Kier molecular flexibility index (Phi) is 5.42. The van der Waals surface area contributed by atoms with E-state index in [-0.39, 0.29) is 6.04 Å². The Labute approximate surface area is 134 Å². The van der Waals surface area contributed by atoms with Crippen molar-refractivity contribution in [2.75, 3.05) is 0 Å². The molecule has 1 nitrogen and oxygen atoms in total. The molecule has 1 atom stereocenters. The van der Waals surface area contributed by atoms with Crippen molar-refractivity contribution in [3.63, 3.8) is 0 Å². The predicted molar refractivity (Wildman–Crippen MR) is 92.6 cm³/mol. The van der Waals surface area contributed by atoms with Crippen LogP contribution in [0, 0.1) is 0 Å². The minimum Gasteiger partial charge on any atom is -0.320 e. The summed E-state index contributed by atoms with van der Waals surface area (Å²) in [6.07, 6.45) is 3.16. The molecular weight excluding hydrogens is 330 g/mol. The molecule has 0 aliphatic rings. The molecule has 3 heteroatoms. The molecule has 2 rings (SSSR count). The molecule has 2 aromatic rings. The van der Waals surface area contributed by atoms with Crippen LogP contribution in [0.2, 0.25) is 0 Å². The lowest BCUT2D eigenvalue weighted by atomic mass is 9.87. The normalized spacial score (nSPS) is 12.7. The third-order valence-corrected chi connectivity index (χ3v) is 5.36. The van der Waals surface area contributed by atoms with E-state index in [0.29, 0.717) is 0 Å². The van der Waals surface area contributed by atoms with Crippen LogP contribution in [0.1, 0.15) is 54.6 Å². The quantitative estimate of drug-likeness (QED) is 0.782. The van der Waals surface area contributed by atoms with Crippen molar-refractivity contribution in [3.8, 4) is 0 Å². The van der Waals surface area contributed by atoms with Gasteiger partial charge in [0.2, 0.25) is 0 Å². The van der Waals surface area contributed by atoms with E-state index in [2.05, 4.69) is 60.3 Å². The molecule has 0 saturated heterocycles. The van der Waals surface area contributed by atoms with Crippen molar-refractivity contribution in [3.05, 3.63) is 55.2 Å². The van der Waals surface area contributed by atoms with Gasteiger partial charge in [-0.15, -0.1) is 11.3 Å². The maximum absolute atomic E-state index is 6.56. The zero-order valence-corrected chi connectivity index (χ0v) is 14.8. The van der Waals surface area contributed by atoms with Gasteiger partial charge in [-0.05, 0) is 74.5 Å². The van der Waals surface area contributed by atoms with Gasteiger partial charge in [-0.1, -0.05) is 32.9 Å². The average Bonchev–Trinajstić information content (AvgIpc) is 2.91. The van der Waals surface area contributed by atoms with Crippen LogP contribution >= 0.6 is 27.3 Å². The average molecular weight is 352 g/mol. The van der Waals surface area contributed by atoms with Gasteiger partial charge in [-0.25, -0.2) is 0 Å². The largest absolute Gasteiger partial charge is 0.320 e. The number of halogens is 1. The molecule has 0 bridgehead atoms. The first kappa shape index (κ1) is 15.7. The van der Waals surface area contributed by atoms with Gasteiger partial charge >= 0.3 is 0 Å². The van der Waals surface area contributed by atoms with Crippen molar-refractivity contribution in [2.45, 2.75) is 46.1 Å². The lowest BCUT2D eigenvalue weighted by Crippen LogP contribution is -2.16. The first-order chi connectivity index (χ1) is 9.60. The Balaban J connectivity index is 2.53. The Morgan fingerprint density at radius 3 is 2.05 bits per heavy atom. The van der Waals surface area contributed by atoms with Crippen LogP contribution in [-0.2, 0) is 19.3 Å². The molecule has 1 unspecified atom stereocenters. The molecule has 20 heavy (non-hydrogen) atoms. The summed E-state index contributed by atoms with van der Waals surface area (Å²) in [5.74, 6) is 0. The van der Waals surface area contributed by atoms with E-state index in [4.69, 9.17) is 5.73 Å². The molecule has 1 aromatic carbocycles. The zero-order chi connectivity index (χ0) is 14.7. The van der Waals surface area contributed by atoms with Crippen LogP contribution in [0.5, 0.6) is 0 Å². The fourth-order valence-corrected chi connectivity index (χ4v) is 3.90. The Bertz CT molecular complexity index is 563. The topological polar surface area (TPSA) is 26.0 Å². The minimum absolute atomic E-state index is 0.0200. The molecular formula is C17H22BrNS. The van der Waals surface area contributed by atoms with Gasteiger partial charge in [0.05, 0.1) is 9.83 Å². The highest BCUT2D eigenvalue weighted by Gasteiger charge is 2.18. The van der Waals surface area contributed by atoms with E-state index in [1.54, 1.807) is 11.3 Å². The summed E-state index contributed by atoms with van der Waals surface area (Å²) in [7, 11) is 0. The van der Waals surface area contributed by atoms with Crippen LogP contribution in [0.3, 0.4) is 0 Å². The molecule has 1 heterocycles. The summed E-state index contributed by atoms with van der Waals surface area (Å²) in [4.78, 5) is 0. The van der Waals surface area contributed by atoms with Gasteiger partial charge in [0.15, 0.2) is 0 Å². The maximum Gasteiger partial charge on any atom is 0.0701 e. The fourth-order valence-electron chi connectivity index (χ4n) is 2.69. The van der Waals surface area contributed by atoms with E-state index in [9.17, 15) is 0 Å². The summed E-state index contributed by atoms with van der Waals surface area (Å²) in [5, 5.41) is 2.15. The zero-order valence-electron chi connectivity index (χ0n) is 12.4. The molecule has 0 fully saturated rings. The van der Waals surface area contributed by atoms with E-state index in [1.165, 1.54) is 27.8 Å². The van der Waals surface area contributed by atoms with E-state index < -0.39 is 0 Å². The van der Waals surface area contributed by atoms with Gasteiger partial charge < -0.3 is 5.73 Å². The SMILES string of the molecule is CCc1cc(CC)c(C(N)c2csc(Br)c2)c(CC)c1. The van der Waals surface area contributed by atoms with Crippen molar-refractivity contribution in [2.24, 2.45) is 5.73 Å². The molecule has 0 aliphatic heterocycles. The van der Waals surface area contributed by atoms with Crippen LogP contribution in [0.25, 0.3) is 0 Å². The van der Waals surface area contributed by atoms with Gasteiger partial charge in [0.1, 0.15) is 0 Å². The Hall–Kier alpha value is -0.640. The summed E-state index contributed by atoms with van der Waals surface area (Å²) >= 11 is 5.23. The minimum atomic E-state index is -0.0200. The number of hydrogen-bond donors (Lipinski definition) is 1. The van der Waals surface area contributed by atoms with Crippen molar-refractivity contribution < 1.29 is 0 Å². The van der Waals surface area contributed by atoms with Crippen LogP contribution in [-0.4, -0.2) is 0 Å². The Morgan fingerprint density at radius 2 is 1.65 bits per heavy atom. The highest BCUT2D eigenvalue weighted by atomic mass is 79.9. The molecule has 0 amide bonds. The molecule has 0 spiro atoms. The van der Waals surface area contributed by atoms with Crippen LogP contribution < -0.4 is 5.73 Å². The van der Waals surface area contributed by atoms with Crippen LogP contribution in [0.15, 0.2) is 27.4 Å². The van der Waals surface area contributed by atoms with E-state index >= 15 is 0 Å². The standard InChI is InChI=1S/C17H22BrNS/c1-4-11-7-12(5-2)16(13(6-3)8-11)17(19)14-9-15(18)20-10-14/h7-10,17H,4-6,19H2,1-3H3. The van der Waals surface area contributed by atoms with Gasteiger partial charge in [0.25, 0.3) is 0 Å². The number of aryl methyl sites for hydroxylation is 3. The Morgan fingerprint density at radius 1 is 1.05 bits per heavy atom. The van der Waals surface area contributed by atoms with E-state index in [1.807, 2.05) is 0 Å². The van der Waals surface area contributed by atoms with Gasteiger partial charge in [0, 0.05) is 0 Å². The summed E-state index contributed by atoms with van der Waals surface area (Å²) in [6, 6.07) is 6.78. The number of benzene rings is 1. The summed E-state index contributed by atoms with van der Waals surface area (Å²) in [6.45, 7) is 6.64. The third-order valence-electron chi connectivity index (χ3n) is 3.84. The smallest absolute Gasteiger partial charge is 0.0701 e. The van der Waals surface area contributed by atoms with Crippen molar-refractivity contribution in [1.29, 1.82) is 0 Å². The summed E-state index contributed by atoms with van der Waals surface area (Å²) in [5.41, 5.74) is 13.3. The van der Waals surface area contributed by atoms with Gasteiger partial charge in [-0.3, -0.25) is 0 Å². The molecule has 0 saturated carbocycles. The summed E-state index contributed by atoms with van der Waals surface area (Å²) < 4.78 is 1.14. The highest BCUT2D eigenvalue weighted by Crippen LogP contribution is 2.32. The molecule has 1 aromatic heterocycles. The number of hydrogen-bond acceptors (Lipinski definition) is 2. The monoisotopic (exact) mass is 351 g/mol. The first-order valence-electron chi connectivity index (χ1n) is 7.24. The fraction of sp³-hybridized carbons (Fsp3) is 0.412. The second-order valence-electron chi connectivity index (χ2n) is 5.05. The predicted octanol–water partition coefficient (Wildman–Crippen LogP) is 5.25. The van der Waals surface area contributed by atoms with E-state index in [0.717, 1.165) is 23.0 Å². The van der Waals surface area contributed by atoms with Crippen molar-refractivity contribution >= 4 is 27.3 Å². The van der Waals surface area contributed by atoms with Crippen molar-refractivity contribution in [1.82, 2.24) is 0 Å². The maximum atomic E-state index is 6.56. The highest BCUT2D eigenvalue weighted by molar-refractivity contribution is 9.11. The molecule has 108 valence electrons. The second-order valence-corrected chi connectivity index (χ2v) is 7.34. The molecule has 0 radical (unpaired) electrons. The lowest BCUT2D eigenvalue weighted by molar-refractivity contribution is 0.827. The number of thiophene rings is 1. The number of nitrogens with two attached hydrogens (primary N) is 1. The first-order valence-corrected chi connectivity index (χ1v) is 8.91.